The topological polar surface area (TPSA) is 62.7 Å². The van der Waals surface area contributed by atoms with E-state index in [0.29, 0.717) is 0 Å². The zero-order valence-corrected chi connectivity index (χ0v) is 26.8. The quantitative estimate of drug-likeness (QED) is 0.181. The molecule has 0 radical (unpaired) electrons. The van der Waals surface area contributed by atoms with Gasteiger partial charge in [-0.05, 0) is 60.2 Å². The molecule has 0 fully saturated rings. The number of benzene rings is 5. The molecule has 0 amide bonds. The van der Waals surface area contributed by atoms with Gasteiger partial charge in [-0.15, -0.1) is 0 Å². The molecule has 50 heavy (non-hydrogen) atoms. The minimum atomic E-state index is 0.722. The maximum absolute atomic E-state index is 6.52. The molecule has 0 aliphatic carbocycles. The van der Waals surface area contributed by atoms with Crippen LogP contribution in [0, 0.1) is 0 Å². The van der Waals surface area contributed by atoms with E-state index in [1.165, 1.54) is 5.39 Å². The van der Waals surface area contributed by atoms with E-state index in [1.54, 1.807) is 0 Å². The summed E-state index contributed by atoms with van der Waals surface area (Å²) >= 11 is 0. The zero-order chi connectivity index (χ0) is 33.0. The summed E-state index contributed by atoms with van der Waals surface area (Å²) in [6.07, 6.45) is 7.64. The number of rotatable bonds is 6. The zero-order valence-electron chi connectivity index (χ0n) is 26.8. The first-order chi connectivity index (χ1) is 24.8. The van der Waals surface area contributed by atoms with E-state index in [0.717, 1.165) is 78.2 Å². The molecule has 7 nitrogen and oxygen atoms in total. The van der Waals surface area contributed by atoms with Crippen molar-refractivity contribution >= 4 is 43.7 Å². The number of hydrogen-bond acceptors (Lipinski definition) is 4. The maximum atomic E-state index is 6.52. The van der Waals surface area contributed by atoms with Crippen LogP contribution in [0.3, 0.4) is 0 Å². The lowest BCUT2D eigenvalue weighted by atomic mass is 10.1. The summed E-state index contributed by atoms with van der Waals surface area (Å²) in [4.78, 5) is 9.71. The number of nitrogens with zero attached hydrogens (tertiary/aromatic N) is 6. The molecule has 0 atom stereocenters. The Balaban J connectivity index is 1.06. The van der Waals surface area contributed by atoms with Crippen molar-refractivity contribution in [1.82, 2.24) is 28.9 Å². The second-order valence-corrected chi connectivity index (χ2v) is 12.3. The van der Waals surface area contributed by atoms with Crippen molar-refractivity contribution in [2.75, 3.05) is 0 Å². The molecule has 0 saturated carbocycles. The van der Waals surface area contributed by atoms with Crippen LogP contribution < -0.4 is 4.74 Å². The molecule has 0 N–H and O–H groups in total. The fourth-order valence-corrected chi connectivity index (χ4v) is 7.06. The standard InChI is InChI=1S/C43H28N6O/c1-2-10-29(11-3-1)30-27-46-47(28-30)31-12-8-13-33(24-31)50-34-19-20-37-35-14-4-7-18-40(35)49(41(37)26-34)42-25-32(21-23-44-42)48-39-17-6-5-15-36(39)38-16-9-22-45-43(38)48/h1-28H. The highest BCUT2D eigenvalue weighted by molar-refractivity contribution is 6.10. The predicted octanol–water partition coefficient (Wildman–Crippen LogP) is 10.3. The van der Waals surface area contributed by atoms with Gasteiger partial charge in [0.2, 0.25) is 0 Å². The Kier molecular flexibility index (Phi) is 6.35. The average molecular weight is 645 g/mol. The number of pyridine rings is 2. The van der Waals surface area contributed by atoms with Crippen molar-refractivity contribution < 1.29 is 4.74 Å². The molecule has 5 aromatic carbocycles. The van der Waals surface area contributed by atoms with E-state index in [9.17, 15) is 0 Å². The third-order valence-electron chi connectivity index (χ3n) is 9.30. The van der Waals surface area contributed by atoms with Crippen LogP contribution in [0.15, 0.2) is 170 Å². The van der Waals surface area contributed by atoms with Gasteiger partial charge in [-0.3, -0.25) is 9.13 Å². The lowest BCUT2D eigenvalue weighted by Crippen LogP contribution is -2.01. The second-order valence-electron chi connectivity index (χ2n) is 12.3. The van der Waals surface area contributed by atoms with Crippen molar-refractivity contribution in [3.8, 4) is 39.8 Å². The van der Waals surface area contributed by atoms with Crippen molar-refractivity contribution in [1.29, 1.82) is 0 Å². The largest absolute Gasteiger partial charge is 0.457 e. The van der Waals surface area contributed by atoms with E-state index in [1.807, 2.05) is 90.1 Å². The second kappa shape index (κ2) is 11.3. The maximum Gasteiger partial charge on any atom is 0.145 e. The van der Waals surface area contributed by atoms with Crippen molar-refractivity contribution in [2.45, 2.75) is 0 Å². The fraction of sp³-hybridized carbons (Fsp3) is 0. The minimum absolute atomic E-state index is 0.722. The van der Waals surface area contributed by atoms with E-state index in [2.05, 4.69) is 99.2 Å². The first kappa shape index (κ1) is 28.1. The highest BCUT2D eigenvalue weighted by Crippen LogP contribution is 2.36. The molecule has 10 rings (SSSR count). The lowest BCUT2D eigenvalue weighted by molar-refractivity contribution is 0.483. The van der Waals surface area contributed by atoms with Gasteiger partial charge >= 0.3 is 0 Å². The van der Waals surface area contributed by atoms with Crippen LogP contribution >= 0.6 is 0 Å². The summed E-state index contributed by atoms with van der Waals surface area (Å²) in [6, 6.07) is 49.7. The SMILES string of the molecule is c1ccc(-c2cnn(-c3cccc(Oc4ccc5c6ccccc6n(-c6cc(-n7c8ccccc8c8cccnc87)ccn6)c5c4)c3)c2)cc1. The number of ether oxygens (including phenoxy) is 1. The molecule has 0 spiro atoms. The Morgan fingerprint density at radius 3 is 2.08 bits per heavy atom. The number of hydrogen-bond donors (Lipinski definition) is 0. The summed E-state index contributed by atoms with van der Waals surface area (Å²) in [5, 5.41) is 9.18. The van der Waals surface area contributed by atoms with E-state index >= 15 is 0 Å². The van der Waals surface area contributed by atoms with Crippen LogP contribution in [-0.2, 0) is 0 Å². The molecule has 0 aliphatic rings. The average Bonchev–Trinajstić information content (AvgIpc) is 3.89. The molecule has 0 aliphatic heterocycles. The van der Waals surface area contributed by atoms with E-state index < -0.39 is 0 Å². The normalized spacial score (nSPS) is 11.6. The number of aromatic nitrogens is 6. The Morgan fingerprint density at radius 2 is 1.20 bits per heavy atom. The number of fused-ring (bicyclic) bond motifs is 6. The summed E-state index contributed by atoms with van der Waals surface area (Å²) < 4.78 is 12.8. The van der Waals surface area contributed by atoms with Gasteiger partial charge in [0.1, 0.15) is 23.0 Å². The van der Waals surface area contributed by atoms with Crippen molar-refractivity contribution in [2.24, 2.45) is 0 Å². The summed E-state index contributed by atoms with van der Waals surface area (Å²) in [5.41, 5.74) is 8.18. The Bertz CT molecular complexity index is 2810. The summed E-state index contributed by atoms with van der Waals surface area (Å²) in [5.74, 6) is 2.26. The van der Waals surface area contributed by atoms with Crippen LogP contribution in [0.1, 0.15) is 0 Å². The smallest absolute Gasteiger partial charge is 0.145 e. The molecule has 5 heterocycles. The summed E-state index contributed by atoms with van der Waals surface area (Å²) in [6.45, 7) is 0. The molecule has 236 valence electrons. The Morgan fingerprint density at radius 1 is 0.460 bits per heavy atom. The fourth-order valence-electron chi connectivity index (χ4n) is 7.06. The molecular weight excluding hydrogens is 617 g/mol. The molecule has 10 aromatic rings. The van der Waals surface area contributed by atoms with Gasteiger partial charge in [-0.25, -0.2) is 14.6 Å². The van der Waals surface area contributed by atoms with Crippen LogP contribution in [0.4, 0.5) is 0 Å². The van der Waals surface area contributed by atoms with E-state index in [4.69, 9.17) is 14.7 Å². The van der Waals surface area contributed by atoms with Gasteiger partial charge in [0, 0.05) is 63.9 Å². The van der Waals surface area contributed by atoms with Gasteiger partial charge in [0.05, 0.1) is 34.1 Å². The van der Waals surface area contributed by atoms with Gasteiger partial charge in [0.15, 0.2) is 0 Å². The molecule has 5 aromatic heterocycles. The lowest BCUT2D eigenvalue weighted by Gasteiger charge is -2.12. The monoisotopic (exact) mass is 644 g/mol. The molecule has 0 unspecified atom stereocenters. The first-order valence-electron chi connectivity index (χ1n) is 16.5. The van der Waals surface area contributed by atoms with E-state index in [-0.39, 0.29) is 0 Å². The van der Waals surface area contributed by atoms with Gasteiger partial charge in [-0.2, -0.15) is 5.10 Å². The highest BCUT2D eigenvalue weighted by Gasteiger charge is 2.17. The Labute approximate surface area is 286 Å². The van der Waals surface area contributed by atoms with Crippen LogP contribution in [0.2, 0.25) is 0 Å². The highest BCUT2D eigenvalue weighted by atomic mass is 16.5. The first-order valence-corrected chi connectivity index (χ1v) is 16.5. The van der Waals surface area contributed by atoms with Crippen LogP contribution in [0.5, 0.6) is 11.5 Å². The van der Waals surface area contributed by atoms with Crippen LogP contribution in [-0.4, -0.2) is 28.9 Å². The van der Waals surface area contributed by atoms with Gasteiger partial charge in [-0.1, -0.05) is 72.8 Å². The van der Waals surface area contributed by atoms with Crippen molar-refractivity contribution in [3.05, 3.63) is 170 Å². The number of para-hydroxylation sites is 2. The Hall–Kier alpha value is -6.99. The molecular formula is C43H28N6O. The third kappa shape index (κ3) is 4.56. The van der Waals surface area contributed by atoms with Crippen LogP contribution in [0.25, 0.3) is 72.1 Å². The summed E-state index contributed by atoms with van der Waals surface area (Å²) in [7, 11) is 0. The minimum Gasteiger partial charge on any atom is -0.457 e. The molecule has 0 bridgehead atoms. The predicted molar refractivity (Wildman–Crippen MR) is 200 cm³/mol. The van der Waals surface area contributed by atoms with Gasteiger partial charge < -0.3 is 4.74 Å². The third-order valence-corrected chi connectivity index (χ3v) is 9.30. The van der Waals surface area contributed by atoms with Gasteiger partial charge in [0.25, 0.3) is 0 Å². The molecule has 0 saturated heterocycles. The molecule has 7 heteroatoms. The van der Waals surface area contributed by atoms with Crippen molar-refractivity contribution in [3.63, 3.8) is 0 Å².